The van der Waals surface area contributed by atoms with Crippen LogP contribution < -0.4 is 14.5 Å². The fourth-order valence-electron chi connectivity index (χ4n) is 3.97. The van der Waals surface area contributed by atoms with Crippen molar-refractivity contribution in [3.8, 4) is 11.4 Å². The predicted molar refractivity (Wildman–Crippen MR) is 116 cm³/mol. The Balaban J connectivity index is 1.43. The van der Waals surface area contributed by atoms with Gasteiger partial charge < -0.3 is 14.5 Å². The van der Waals surface area contributed by atoms with Crippen molar-refractivity contribution in [1.29, 1.82) is 0 Å². The fraction of sp³-hybridized carbons (Fsp3) is 0.273. The molecule has 30 heavy (non-hydrogen) atoms. The fourth-order valence-corrected chi connectivity index (χ4v) is 3.97. The van der Waals surface area contributed by atoms with Gasteiger partial charge in [0.05, 0.1) is 18.5 Å². The molecule has 5 rings (SSSR count). The van der Waals surface area contributed by atoms with Crippen LogP contribution >= 0.6 is 0 Å². The smallest absolute Gasteiger partial charge is 0.189 e. The van der Waals surface area contributed by atoms with Crippen molar-refractivity contribution in [2.75, 3.05) is 43.1 Å². The summed E-state index contributed by atoms with van der Waals surface area (Å²) in [4.78, 5) is 13.7. The van der Waals surface area contributed by atoms with Crippen molar-refractivity contribution in [2.24, 2.45) is 0 Å². The van der Waals surface area contributed by atoms with Crippen molar-refractivity contribution >= 4 is 22.7 Å². The summed E-state index contributed by atoms with van der Waals surface area (Å²) in [6, 6.07) is 18.1. The maximum atomic E-state index is 5.56. The summed E-state index contributed by atoms with van der Waals surface area (Å²) in [7, 11) is 1.72. The average molecular weight is 401 g/mol. The van der Waals surface area contributed by atoms with Gasteiger partial charge in [-0.3, -0.25) is 0 Å². The molecule has 3 heterocycles. The van der Waals surface area contributed by atoms with Crippen LogP contribution in [0.5, 0.6) is 5.75 Å². The van der Waals surface area contributed by atoms with Gasteiger partial charge in [0.25, 0.3) is 0 Å². The van der Waals surface area contributed by atoms with Crippen LogP contribution in [0.1, 0.15) is 6.42 Å². The number of ether oxygens (including phenoxy) is 1. The largest absolute Gasteiger partial charge is 0.495 e. The first-order valence-corrected chi connectivity index (χ1v) is 10.1. The number of hydrogen-bond acceptors (Lipinski definition) is 7. The van der Waals surface area contributed by atoms with Gasteiger partial charge in [-0.25, -0.2) is 9.97 Å². The molecule has 152 valence electrons. The van der Waals surface area contributed by atoms with Gasteiger partial charge in [-0.15, -0.1) is 5.10 Å². The zero-order valence-corrected chi connectivity index (χ0v) is 16.8. The number of aromatic nitrogens is 5. The molecule has 0 spiro atoms. The van der Waals surface area contributed by atoms with Crippen LogP contribution in [0.2, 0.25) is 0 Å². The van der Waals surface area contributed by atoms with E-state index < -0.39 is 0 Å². The molecule has 0 unspecified atom stereocenters. The van der Waals surface area contributed by atoms with Gasteiger partial charge in [-0.1, -0.05) is 35.5 Å². The molecule has 0 radical (unpaired) electrons. The summed E-state index contributed by atoms with van der Waals surface area (Å²) in [5.74, 6) is 1.74. The average Bonchev–Trinajstić information content (AvgIpc) is 3.10. The highest BCUT2D eigenvalue weighted by atomic mass is 16.5. The lowest BCUT2D eigenvalue weighted by atomic mass is 10.2. The molecule has 1 aliphatic heterocycles. The first-order valence-electron chi connectivity index (χ1n) is 10.1. The van der Waals surface area contributed by atoms with E-state index in [4.69, 9.17) is 4.74 Å². The summed E-state index contributed by atoms with van der Waals surface area (Å²) in [6.45, 7) is 3.57. The van der Waals surface area contributed by atoms with Crippen LogP contribution in [0.3, 0.4) is 0 Å². The van der Waals surface area contributed by atoms with Crippen LogP contribution in [-0.2, 0) is 0 Å². The predicted octanol–water partition coefficient (Wildman–Crippen LogP) is 2.94. The molecular formula is C22H23N7O. The third kappa shape index (κ3) is 3.30. The molecule has 8 heteroatoms. The summed E-state index contributed by atoms with van der Waals surface area (Å²) in [5, 5.41) is 8.76. The highest BCUT2D eigenvalue weighted by Crippen LogP contribution is 2.29. The second-order valence-electron chi connectivity index (χ2n) is 7.21. The van der Waals surface area contributed by atoms with Gasteiger partial charge >= 0.3 is 0 Å². The second-order valence-corrected chi connectivity index (χ2v) is 7.21. The van der Waals surface area contributed by atoms with Crippen LogP contribution in [0, 0.1) is 0 Å². The lowest BCUT2D eigenvalue weighted by Gasteiger charge is -2.25. The SMILES string of the molecule is COc1ccccc1N1CCCN(c2ncnc3c2nnn3-c2ccccc2)CC1. The summed E-state index contributed by atoms with van der Waals surface area (Å²) < 4.78 is 7.32. The molecule has 1 saturated heterocycles. The second kappa shape index (κ2) is 7.98. The minimum Gasteiger partial charge on any atom is -0.495 e. The third-order valence-corrected chi connectivity index (χ3v) is 5.44. The highest BCUT2D eigenvalue weighted by molar-refractivity contribution is 5.83. The Morgan fingerprint density at radius 1 is 0.833 bits per heavy atom. The van der Waals surface area contributed by atoms with Gasteiger partial charge in [0.1, 0.15) is 12.1 Å². The van der Waals surface area contributed by atoms with Crippen molar-refractivity contribution in [3.63, 3.8) is 0 Å². The van der Waals surface area contributed by atoms with E-state index in [0.29, 0.717) is 0 Å². The van der Waals surface area contributed by atoms with Crippen molar-refractivity contribution < 1.29 is 4.74 Å². The monoisotopic (exact) mass is 401 g/mol. The molecule has 1 aliphatic rings. The zero-order chi connectivity index (χ0) is 20.3. The zero-order valence-electron chi connectivity index (χ0n) is 16.8. The Morgan fingerprint density at radius 3 is 2.47 bits per heavy atom. The van der Waals surface area contributed by atoms with E-state index in [9.17, 15) is 0 Å². The molecule has 1 fully saturated rings. The molecule has 0 aliphatic carbocycles. The molecule has 8 nitrogen and oxygen atoms in total. The number of anilines is 2. The maximum Gasteiger partial charge on any atom is 0.189 e. The highest BCUT2D eigenvalue weighted by Gasteiger charge is 2.22. The van der Waals surface area contributed by atoms with Crippen LogP contribution in [-0.4, -0.2) is 58.3 Å². The van der Waals surface area contributed by atoms with Crippen LogP contribution in [0.15, 0.2) is 60.9 Å². The number of rotatable bonds is 4. The van der Waals surface area contributed by atoms with E-state index in [1.165, 1.54) is 0 Å². The van der Waals surface area contributed by atoms with Crippen molar-refractivity contribution in [2.45, 2.75) is 6.42 Å². The molecule has 0 saturated carbocycles. The Labute approximate surface area is 174 Å². The standard InChI is InChI=1S/C22H23N7O/c1-30-19-11-6-5-10-18(19)27-12-7-13-28(15-14-27)21-20-22(24-16-23-21)29(26-25-20)17-8-3-2-4-9-17/h2-6,8-11,16H,7,12-15H2,1H3. The lowest BCUT2D eigenvalue weighted by molar-refractivity contribution is 0.414. The maximum absolute atomic E-state index is 5.56. The van der Waals surface area contributed by atoms with E-state index >= 15 is 0 Å². The summed E-state index contributed by atoms with van der Waals surface area (Å²) >= 11 is 0. The van der Waals surface area contributed by atoms with Gasteiger partial charge in [-0.05, 0) is 30.7 Å². The van der Waals surface area contributed by atoms with E-state index in [1.54, 1.807) is 18.1 Å². The number of nitrogens with zero attached hydrogens (tertiary/aromatic N) is 7. The minimum absolute atomic E-state index is 0.719. The van der Waals surface area contributed by atoms with E-state index in [0.717, 1.165) is 66.7 Å². The van der Waals surface area contributed by atoms with Crippen molar-refractivity contribution in [1.82, 2.24) is 25.0 Å². The Kier molecular flexibility index (Phi) is 4.88. The van der Waals surface area contributed by atoms with Gasteiger partial charge in [0.2, 0.25) is 0 Å². The minimum atomic E-state index is 0.719. The van der Waals surface area contributed by atoms with E-state index in [1.807, 2.05) is 42.5 Å². The summed E-state index contributed by atoms with van der Waals surface area (Å²) in [6.07, 6.45) is 2.61. The molecule has 0 atom stereocenters. The number of hydrogen-bond donors (Lipinski definition) is 0. The normalized spacial score (nSPS) is 14.7. The van der Waals surface area contributed by atoms with Crippen LogP contribution in [0.4, 0.5) is 11.5 Å². The molecule has 0 amide bonds. The Bertz CT molecular complexity index is 1140. The number of methoxy groups -OCH3 is 1. The number of benzene rings is 2. The lowest BCUT2D eigenvalue weighted by Crippen LogP contribution is -2.31. The number of para-hydroxylation sites is 3. The van der Waals surface area contributed by atoms with Crippen LogP contribution in [0.25, 0.3) is 16.9 Å². The van der Waals surface area contributed by atoms with Crippen molar-refractivity contribution in [3.05, 3.63) is 60.9 Å². The Hall–Kier alpha value is -3.68. The molecule has 0 bridgehead atoms. The Morgan fingerprint density at radius 2 is 1.60 bits per heavy atom. The first kappa shape index (κ1) is 18.4. The summed E-state index contributed by atoms with van der Waals surface area (Å²) in [5.41, 5.74) is 3.51. The van der Waals surface area contributed by atoms with Gasteiger partial charge in [0, 0.05) is 26.2 Å². The topological polar surface area (TPSA) is 72.2 Å². The molecule has 2 aromatic heterocycles. The number of fused-ring (bicyclic) bond motifs is 1. The van der Waals surface area contributed by atoms with Gasteiger partial charge in [-0.2, -0.15) is 4.68 Å². The quantitative estimate of drug-likeness (QED) is 0.521. The van der Waals surface area contributed by atoms with Gasteiger partial charge in [0.15, 0.2) is 17.0 Å². The first-order chi connectivity index (χ1) is 14.8. The molecular weight excluding hydrogens is 378 g/mol. The van der Waals surface area contributed by atoms with E-state index in [2.05, 4.69) is 42.2 Å². The molecule has 4 aromatic rings. The van der Waals surface area contributed by atoms with E-state index in [-0.39, 0.29) is 0 Å². The third-order valence-electron chi connectivity index (χ3n) is 5.44. The molecule has 0 N–H and O–H groups in total. The molecule has 2 aromatic carbocycles.